The zero-order valence-corrected chi connectivity index (χ0v) is 27.5. The van der Waals surface area contributed by atoms with Gasteiger partial charge in [-0.1, -0.05) is 29.3 Å². The van der Waals surface area contributed by atoms with Crippen molar-refractivity contribution in [3.8, 4) is 11.5 Å². The van der Waals surface area contributed by atoms with Crippen molar-refractivity contribution >= 4 is 46.6 Å². The van der Waals surface area contributed by atoms with Gasteiger partial charge >= 0.3 is 0 Å². The van der Waals surface area contributed by atoms with Crippen LogP contribution in [0.5, 0.6) is 11.5 Å². The fourth-order valence-corrected chi connectivity index (χ4v) is 7.35. The molecule has 0 aromatic heterocycles. The number of likely N-dealkylation sites (tertiary alicyclic amines) is 3. The minimum atomic E-state index is -0.123. The highest BCUT2D eigenvalue weighted by Crippen LogP contribution is 2.39. The molecule has 3 saturated heterocycles. The fourth-order valence-electron chi connectivity index (χ4n) is 6.94. The Labute approximate surface area is 269 Å². The molecule has 5 rings (SSSR count). The Morgan fingerprint density at radius 1 is 0.909 bits per heavy atom. The average Bonchev–Trinajstić information content (AvgIpc) is 3.59. The second-order valence-electron chi connectivity index (χ2n) is 12.2. The predicted octanol–water partition coefficient (Wildman–Crippen LogP) is 5.00. The first kappa shape index (κ1) is 32.4. The summed E-state index contributed by atoms with van der Waals surface area (Å²) in [6, 6.07) is 9.19. The van der Waals surface area contributed by atoms with Gasteiger partial charge in [-0.2, -0.15) is 0 Å². The van der Waals surface area contributed by atoms with Gasteiger partial charge in [-0.25, -0.2) is 0 Å². The van der Waals surface area contributed by atoms with E-state index in [1.165, 1.54) is 14.2 Å². The van der Waals surface area contributed by atoms with E-state index in [0.29, 0.717) is 84.5 Å². The number of aryl methyl sites for hydroxylation is 1. The number of rotatable bonds is 9. The molecular formula is C33H42Cl2N4O5. The van der Waals surface area contributed by atoms with Gasteiger partial charge in [0.15, 0.2) is 5.75 Å². The van der Waals surface area contributed by atoms with Gasteiger partial charge < -0.3 is 29.1 Å². The SMILES string of the molecule is COc1ccc(Cl)c(OC)c1C(=O)N1CC2CN(CCCN(C(=O)C3CCN(C(C)=O)CC3)c3ccc(C)c(Cl)c3)CC2C1. The van der Waals surface area contributed by atoms with E-state index in [1.54, 1.807) is 19.1 Å². The Morgan fingerprint density at radius 2 is 1.59 bits per heavy atom. The fraction of sp³-hybridized carbons (Fsp3) is 0.545. The quantitative estimate of drug-likeness (QED) is 0.382. The van der Waals surface area contributed by atoms with E-state index >= 15 is 0 Å². The smallest absolute Gasteiger partial charge is 0.261 e. The van der Waals surface area contributed by atoms with E-state index in [9.17, 15) is 14.4 Å². The monoisotopic (exact) mass is 644 g/mol. The molecule has 0 aliphatic carbocycles. The summed E-state index contributed by atoms with van der Waals surface area (Å²) in [6.45, 7) is 9.38. The molecule has 238 valence electrons. The highest BCUT2D eigenvalue weighted by Gasteiger charge is 2.42. The van der Waals surface area contributed by atoms with E-state index in [0.717, 1.165) is 37.3 Å². The molecule has 2 atom stereocenters. The molecule has 3 aliphatic rings. The van der Waals surface area contributed by atoms with Gasteiger partial charge in [-0.3, -0.25) is 14.4 Å². The Hall–Kier alpha value is -3.01. The lowest BCUT2D eigenvalue weighted by atomic mass is 9.94. The lowest BCUT2D eigenvalue weighted by molar-refractivity contribution is -0.133. The van der Waals surface area contributed by atoms with Gasteiger partial charge in [0.25, 0.3) is 5.91 Å². The number of anilines is 1. The molecule has 2 unspecified atom stereocenters. The summed E-state index contributed by atoms with van der Waals surface area (Å²) in [4.78, 5) is 47.2. The van der Waals surface area contributed by atoms with Crippen LogP contribution in [-0.2, 0) is 9.59 Å². The predicted molar refractivity (Wildman–Crippen MR) is 172 cm³/mol. The van der Waals surface area contributed by atoms with Crippen LogP contribution in [-0.4, -0.2) is 99.0 Å². The van der Waals surface area contributed by atoms with Crippen molar-refractivity contribution < 1.29 is 23.9 Å². The van der Waals surface area contributed by atoms with Crippen LogP contribution < -0.4 is 14.4 Å². The van der Waals surface area contributed by atoms with E-state index in [-0.39, 0.29) is 23.6 Å². The third-order valence-electron chi connectivity index (χ3n) is 9.44. The molecule has 44 heavy (non-hydrogen) atoms. The average molecular weight is 646 g/mol. The van der Waals surface area contributed by atoms with E-state index in [1.807, 2.05) is 39.8 Å². The minimum absolute atomic E-state index is 0.0601. The van der Waals surface area contributed by atoms with Gasteiger partial charge in [-0.15, -0.1) is 0 Å². The van der Waals surface area contributed by atoms with Gasteiger partial charge in [0.2, 0.25) is 11.8 Å². The van der Waals surface area contributed by atoms with E-state index in [4.69, 9.17) is 32.7 Å². The first-order chi connectivity index (χ1) is 21.1. The standard InChI is InChI=1S/C33H42Cl2N4O5/c1-21-6-7-26(16-28(21)35)39(32(41)23-10-14-37(15-11-23)22(2)40)13-5-12-36-17-24-19-38(20-25(24)18-36)33(42)30-29(43-3)9-8-27(34)31(30)44-4/h6-9,16,23-25H,5,10-15,17-20H2,1-4H3. The van der Waals surface area contributed by atoms with Gasteiger partial charge in [0, 0.05) is 69.4 Å². The second-order valence-corrected chi connectivity index (χ2v) is 13.0. The largest absolute Gasteiger partial charge is 0.496 e. The van der Waals surface area contributed by atoms with Crippen molar-refractivity contribution in [3.63, 3.8) is 0 Å². The first-order valence-electron chi connectivity index (χ1n) is 15.4. The molecule has 2 aromatic carbocycles. The molecule has 3 amide bonds. The van der Waals surface area contributed by atoms with Crippen molar-refractivity contribution in [1.29, 1.82) is 0 Å². The number of amides is 3. The van der Waals surface area contributed by atoms with Crippen LogP contribution in [0.25, 0.3) is 0 Å². The van der Waals surface area contributed by atoms with Crippen LogP contribution in [0.4, 0.5) is 5.69 Å². The number of piperidine rings is 1. The summed E-state index contributed by atoms with van der Waals surface area (Å²) in [5.74, 6) is 1.49. The number of carbonyl (C=O) groups excluding carboxylic acids is 3. The van der Waals surface area contributed by atoms with Crippen LogP contribution in [0.15, 0.2) is 30.3 Å². The molecule has 0 N–H and O–H groups in total. The number of ether oxygens (including phenoxy) is 2. The molecule has 3 aliphatic heterocycles. The maximum atomic E-state index is 13.8. The third-order valence-corrected chi connectivity index (χ3v) is 10.1. The maximum absolute atomic E-state index is 13.8. The van der Waals surface area contributed by atoms with E-state index < -0.39 is 0 Å². The molecule has 3 heterocycles. The topological polar surface area (TPSA) is 82.6 Å². The second kappa shape index (κ2) is 14.0. The van der Waals surface area contributed by atoms with Crippen LogP contribution in [0.1, 0.15) is 42.1 Å². The van der Waals surface area contributed by atoms with Gasteiger partial charge in [0.05, 0.1) is 19.2 Å². The highest BCUT2D eigenvalue weighted by molar-refractivity contribution is 6.33. The zero-order valence-electron chi connectivity index (χ0n) is 26.0. The van der Waals surface area contributed by atoms with Gasteiger partial charge in [0.1, 0.15) is 11.3 Å². The highest BCUT2D eigenvalue weighted by atomic mass is 35.5. The molecule has 0 bridgehead atoms. The molecule has 9 nitrogen and oxygen atoms in total. The number of hydrogen-bond donors (Lipinski definition) is 0. The maximum Gasteiger partial charge on any atom is 0.261 e. The molecular weight excluding hydrogens is 603 g/mol. The lowest BCUT2D eigenvalue weighted by Crippen LogP contribution is -2.44. The minimum Gasteiger partial charge on any atom is -0.496 e. The summed E-state index contributed by atoms with van der Waals surface area (Å²) in [5, 5.41) is 1.02. The Bertz CT molecular complexity index is 1380. The summed E-state index contributed by atoms with van der Waals surface area (Å²) in [5.41, 5.74) is 2.16. The molecule has 0 spiro atoms. The lowest BCUT2D eigenvalue weighted by Gasteiger charge is -2.34. The van der Waals surface area contributed by atoms with Crippen LogP contribution in [0.2, 0.25) is 10.0 Å². The Kier molecular flexibility index (Phi) is 10.3. The number of methoxy groups -OCH3 is 2. The third kappa shape index (κ3) is 6.80. The molecule has 2 aromatic rings. The van der Waals surface area contributed by atoms with Crippen molar-refractivity contribution in [3.05, 3.63) is 51.5 Å². The molecule has 11 heteroatoms. The molecule has 0 saturated carbocycles. The summed E-state index contributed by atoms with van der Waals surface area (Å²) >= 11 is 12.8. The summed E-state index contributed by atoms with van der Waals surface area (Å²) in [6.07, 6.45) is 2.17. The first-order valence-corrected chi connectivity index (χ1v) is 16.1. The van der Waals surface area contributed by atoms with Crippen molar-refractivity contribution in [2.75, 3.05) is 71.5 Å². The van der Waals surface area contributed by atoms with E-state index in [2.05, 4.69) is 4.90 Å². The van der Waals surface area contributed by atoms with Gasteiger partial charge in [-0.05, 0) is 74.4 Å². The Morgan fingerprint density at radius 3 is 2.18 bits per heavy atom. The molecule has 3 fully saturated rings. The number of nitrogens with zero attached hydrogens (tertiary/aromatic N) is 4. The van der Waals surface area contributed by atoms with Crippen LogP contribution in [0, 0.1) is 24.7 Å². The van der Waals surface area contributed by atoms with Crippen LogP contribution >= 0.6 is 23.2 Å². The van der Waals surface area contributed by atoms with Crippen molar-refractivity contribution in [2.24, 2.45) is 17.8 Å². The van der Waals surface area contributed by atoms with Crippen molar-refractivity contribution in [1.82, 2.24) is 14.7 Å². The number of hydrogen-bond acceptors (Lipinski definition) is 6. The van der Waals surface area contributed by atoms with Crippen molar-refractivity contribution in [2.45, 2.75) is 33.1 Å². The molecule has 0 radical (unpaired) electrons. The summed E-state index contributed by atoms with van der Waals surface area (Å²) in [7, 11) is 3.04. The Balaban J connectivity index is 1.18. The number of halogens is 2. The summed E-state index contributed by atoms with van der Waals surface area (Å²) < 4.78 is 10.9. The zero-order chi connectivity index (χ0) is 31.5. The number of carbonyl (C=O) groups is 3. The number of fused-ring (bicyclic) bond motifs is 1. The van der Waals surface area contributed by atoms with Crippen LogP contribution in [0.3, 0.4) is 0 Å². The number of benzene rings is 2. The normalized spacial score (nSPS) is 20.5.